The molecule has 0 saturated carbocycles. The summed E-state index contributed by atoms with van der Waals surface area (Å²) in [7, 11) is 0. The second kappa shape index (κ2) is 12.5. The average Bonchev–Trinajstić information content (AvgIpc) is 2.53. The lowest BCUT2D eigenvalue weighted by molar-refractivity contribution is -0.118. The van der Waals surface area contributed by atoms with Crippen molar-refractivity contribution < 1.29 is 4.79 Å². The summed E-state index contributed by atoms with van der Waals surface area (Å²) in [6.45, 7) is 11.5. The van der Waals surface area contributed by atoms with Crippen molar-refractivity contribution in [3.8, 4) is 0 Å². The maximum atomic E-state index is 10.1. The smallest absolute Gasteiger partial charge is 0.209 e. The molecule has 1 atom stereocenters. The molecule has 0 radical (unpaired) electrons. The summed E-state index contributed by atoms with van der Waals surface area (Å²) >= 11 is 0. The molecule has 1 aliphatic rings. The zero-order valence-electron chi connectivity index (χ0n) is 10.5. The van der Waals surface area contributed by atoms with Crippen molar-refractivity contribution in [3.05, 3.63) is 0 Å². The number of rotatable bonds is 1. The van der Waals surface area contributed by atoms with Crippen molar-refractivity contribution in [1.29, 1.82) is 0 Å². The number of likely N-dealkylation sites (tertiary alicyclic amines) is 1. The maximum Gasteiger partial charge on any atom is 0.209 e. The Morgan fingerprint density at radius 1 is 1.21 bits per heavy atom. The third-order valence-corrected chi connectivity index (χ3v) is 1.74. The normalized spacial score (nSPS) is 18.9. The highest BCUT2D eigenvalue weighted by atomic mass is 16.1. The van der Waals surface area contributed by atoms with E-state index in [4.69, 9.17) is 0 Å². The first-order valence-electron chi connectivity index (χ1n) is 5.88. The third-order valence-electron chi connectivity index (χ3n) is 1.74. The van der Waals surface area contributed by atoms with Crippen molar-refractivity contribution in [3.63, 3.8) is 0 Å². The van der Waals surface area contributed by atoms with E-state index in [0.29, 0.717) is 6.04 Å². The molecule has 0 spiro atoms. The van der Waals surface area contributed by atoms with E-state index in [1.54, 1.807) is 0 Å². The van der Waals surface area contributed by atoms with Crippen LogP contribution in [0.25, 0.3) is 0 Å². The van der Waals surface area contributed by atoms with Crippen LogP contribution < -0.4 is 0 Å². The molecule has 1 heterocycles. The minimum Gasteiger partial charge on any atom is -0.343 e. The van der Waals surface area contributed by atoms with Gasteiger partial charge in [0.05, 0.1) is 0 Å². The highest BCUT2D eigenvalue weighted by Gasteiger charge is 2.16. The predicted molar refractivity (Wildman–Crippen MR) is 63.4 cm³/mol. The lowest BCUT2D eigenvalue weighted by Gasteiger charge is -2.13. The van der Waals surface area contributed by atoms with Crippen LogP contribution in [0.1, 0.15) is 60.3 Å². The molecule has 0 bridgehead atoms. The second-order valence-corrected chi connectivity index (χ2v) is 3.75. The topological polar surface area (TPSA) is 20.3 Å². The fraction of sp³-hybridized carbons (Fsp3) is 0.917. The van der Waals surface area contributed by atoms with Crippen LogP contribution in [0.3, 0.4) is 0 Å². The van der Waals surface area contributed by atoms with Gasteiger partial charge in [0.2, 0.25) is 6.41 Å². The SMILES string of the molecule is CC1CCCN1C=O.CCC.CCC. The van der Waals surface area contributed by atoms with Crippen LogP contribution in [0, 0.1) is 0 Å². The van der Waals surface area contributed by atoms with E-state index in [-0.39, 0.29) is 0 Å². The highest BCUT2D eigenvalue weighted by Crippen LogP contribution is 2.12. The van der Waals surface area contributed by atoms with E-state index in [1.165, 1.54) is 25.7 Å². The van der Waals surface area contributed by atoms with Gasteiger partial charge in [0.25, 0.3) is 0 Å². The Morgan fingerprint density at radius 2 is 1.64 bits per heavy atom. The maximum absolute atomic E-state index is 10.1. The number of nitrogens with zero attached hydrogens (tertiary/aromatic N) is 1. The molecule has 0 N–H and O–H groups in total. The van der Waals surface area contributed by atoms with E-state index in [0.717, 1.165) is 13.0 Å². The minimum atomic E-state index is 0.493. The first kappa shape index (κ1) is 15.9. The van der Waals surface area contributed by atoms with Crippen molar-refractivity contribution in [2.75, 3.05) is 6.54 Å². The van der Waals surface area contributed by atoms with E-state index >= 15 is 0 Å². The summed E-state index contributed by atoms with van der Waals surface area (Å²) in [4.78, 5) is 12.0. The predicted octanol–water partition coefficient (Wildman–Crippen LogP) is 3.46. The monoisotopic (exact) mass is 201 g/mol. The molecule has 86 valence electrons. The molecule has 1 unspecified atom stereocenters. The molecule has 1 rings (SSSR count). The molecule has 1 fully saturated rings. The van der Waals surface area contributed by atoms with E-state index in [2.05, 4.69) is 34.6 Å². The zero-order chi connectivity index (χ0) is 11.4. The Kier molecular flexibility index (Phi) is 14.2. The summed E-state index contributed by atoms with van der Waals surface area (Å²) in [5.74, 6) is 0. The molecular weight excluding hydrogens is 174 g/mol. The molecule has 0 aromatic heterocycles. The second-order valence-electron chi connectivity index (χ2n) is 3.75. The first-order chi connectivity index (χ1) is 6.67. The van der Waals surface area contributed by atoms with Crippen LogP contribution >= 0.6 is 0 Å². The molecule has 0 aliphatic carbocycles. The van der Waals surface area contributed by atoms with Gasteiger partial charge in [0.1, 0.15) is 0 Å². The van der Waals surface area contributed by atoms with Crippen LogP contribution in [-0.2, 0) is 4.79 Å². The van der Waals surface area contributed by atoms with Gasteiger partial charge in [-0.2, -0.15) is 0 Å². The van der Waals surface area contributed by atoms with Crippen LogP contribution in [0.4, 0.5) is 0 Å². The van der Waals surface area contributed by atoms with Crippen LogP contribution in [0.15, 0.2) is 0 Å². The van der Waals surface area contributed by atoms with Gasteiger partial charge in [0.15, 0.2) is 0 Å². The van der Waals surface area contributed by atoms with Crippen molar-refractivity contribution >= 4 is 6.41 Å². The van der Waals surface area contributed by atoms with Crippen molar-refractivity contribution in [2.45, 2.75) is 66.3 Å². The van der Waals surface area contributed by atoms with Gasteiger partial charge in [-0.05, 0) is 19.8 Å². The fourth-order valence-corrected chi connectivity index (χ4v) is 1.11. The van der Waals surface area contributed by atoms with Gasteiger partial charge < -0.3 is 4.90 Å². The quantitative estimate of drug-likeness (QED) is 0.595. The van der Waals surface area contributed by atoms with Crippen LogP contribution in [0.5, 0.6) is 0 Å². The summed E-state index contributed by atoms with van der Waals surface area (Å²) in [6.07, 6.45) is 5.80. The zero-order valence-corrected chi connectivity index (χ0v) is 10.5. The third kappa shape index (κ3) is 9.56. The Hall–Kier alpha value is -0.530. The lowest BCUT2D eigenvalue weighted by atomic mass is 10.2. The summed E-state index contributed by atoms with van der Waals surface area (Å²) in [5, 5.41) is 0. The van der Waals surface area contributed by atoms with Crippen LogP contribution in [0.2, 0.25) is 0 Å². The average molecular weight is 201 g/mol. The fourth-order valence-electron chi connectivity index (χ4n) is 1.11. The lowest BCUT2D eigenvalue weighted by Crippen LogP contribution is -2.24. The molecular formula is C12H27NO. The van der Waals surface area contributed by atoms with Gasteiger partial charge in [-0.3, -0.25) is 4.79 Å². The number of carbonyl (C=O) groups is 1. The van der Waals surface area contributed by atoms with Crippen molar-refractivity contribution in [1.82, 2.24) is 4.90 Å². The van der Waals surface area contributed by atoms with Gasteiger partial charge in [-0.15, -0.1) is 0 Å². The van der Waals surface area contributed by atoms with Gasteiger partial charge in [-0.1, -0.05) is 40.5 Å². The van der Waals surface area contributed by atoms with Crippen molar-refractivity contribution in [2.24, 2.45) is 0 Å². The largest absolute Gasteiger partial charge is 0.343 e. The Bertz CT molecular complexity index is 113. The molecule has 2 nitrogen and oxygen atoms in total. The molecule has 14 heavy (non-hydrogen) atoms. The van der Waals surface area contributed by atoms with Gasteiger partial charge >= 0.3 is 0 Å². The van der Waals surface area contributed by atoms with Crippen LogP contribution in [-0.4, -0.2) is 23.9 Å². The molecule has 1 amide bonds. The number of hydrogen-bond acceptors (Lipinski definition) is 1. The van der Waals surface area contributed by atoms with E-state index in [1.807, 2.05) is 4.90 Å². The summed E-state index contributed by atoms with van der Waals surface area (Å²) < 4.78 is 0. The Balaban J connectivity index is 0. The highest BCUT2D eigenvalue weighted by molar-refractivity contribution is 5.48. The molecule has 2 heteroatoms. The number of hydrogen-bond donors (Lipinski definition) is 0. The van der Waals surface area contributed by atoms with E-state index in [9.17, 15) is 4.79 Å². The van der Waals surface area contributed by atoms with Gasteiger partial charge in [0, 0.05) is 12.6 Å². The number of amides is 1. The first-order valence-corrected chi connectivity index (χ1v) is 5.88. The van der Waals surface area contributed by atoms with Gasteiger partial charge in [-0.25, -0.2) is 0 Å². The molecule has 0 aromatic carbocycles. The Morgan fingerprint density at radius 3 is 1.79 bits per heavy atom. The molecule has 1 saturated heterocycles. The minimum absolute atomic E-state index is 0.493. The summed E-state index contributed by atoms with van der Waals surface area (Å²) in [5.41, 5.74) is 0. The van der Waals surface area contributed by atoms with E-state index < -0.39 is 0 Å². The molecule has 1 aliphatic heterocycles. The number of carbonyl (C=O) groups excluding carboxylic acids is 1. The molecule has 0 aromatic rings. The Labute approximate surface area is 89.7 Å². The standard InChI is InChI=1S/C6H11NO.2C3H8/c1-6-3-2-4-7(6)5-8;2*1-3-2/h5-6H,2-4H2,1H3;2*3H2,1-2H3. The summed E-state index contributed by atoms with van der Waals surface area (Å²) in [6, 6.07) is 0.493.